The number of unbranched alkanes of at least 4 members (excludes halogenated alkanes) is 12. The average Bonchev–Trinajstić information content (AvgIpc) is 2.92. The Labute approximate surface area is 246 Å². The van der Waals surface area contributed by atoms with Gasteiger partial charge in [0.15, 0.2) is 6.29 Å². The summed E-state index contributed by atoms with van der Waals surface area (Å²) in [4.78, 5) is 12.4. The molecule has 1 aliphatic heterocycles. The molecule has 0 saturated carbocycles. The molecule has 1 rings (SSSR count). The number of rotatable bonds is 25. The van der Waals surface area contributed by atoms with Crippen LogP contribution in [0, 0.1) is 0 Å². The van der Waals surface area contributed by atoms with Crippen LogP contribution in [0.3, 0.4) is 0 Å². The molecule has 4 N–H and O–H groups in total. The van der Waals surface area contributed by atoms with Crippen LogP contribution in [0.1, 0.15) is 110 Å². The van der Waals surface area contributed by atoms with Gasteiger partial charge in [-0.25, -0.2) is 4.18 Å². The quantitative estimate of drug-likeness (QED) is 0.0670. The van der Waals surface area contributed by atoms with Crippen molar-refractivity contribution in [2.75, 3.05) is 26.4 Å². The maximum atomic E-state index is 12.4. The summed E-state index contributed by atoms with van der Waals surface area (Å²) in [7, 11) is -5.04. The molecule has 0 radical (unpaired) electrons. The first kappa shape index (κ1) is 38.1. The van der Waals surface area contributed by atoms with Crippen molar-refractivity contribution in [3.63, 3.8) is 0 Å². The summed E-state index contributed by atoms with van der Waals surface area (Å²) in [5.41, 5.74) is 0. The summed E-state index contributed by atoms with van der Waals surface area (Å²) in [6, 6.07) is 0. The Morgan fingerprint density at radius 2 is 1.39 bits per heavy atom. The van der Waals surface area contributed by atoms with E-state index in [4.69, 9.17) is 23.5 Å². The molecule has 12 nitrogen and oxygen atoms in total. The number of aliphatic hydroxyl groups excluding tert-OH is 3. The van der Waals surface area contributed by atoms with Gasteiger partial charge in [-0.1, -0.05) is 90.9 Å². The average molecular weight is 615 g/mol. The molecule has 1 aliphatic rings. The Morgan fingerprint density at radius 1 is 0.829 bits per heavy atom. The second kappa shape index (κ2) is 22.6. The molecule has 0 aliphatic carbocycles. The van der Waals surface area contributed by atoms with E-state index in [1.54, 1.807) is 0 Å². The van der Waals surface area contributed by atoms with E-state index < -0.39 is 59.8 Å². The first-order valence-electron chi connectivity index (χ1n) is 15.3. The third-order valence-electron chi connectivity index (χ3n) is 6.98. The molecule has 244 valence electrons. The number of carbonyl (C=O) groups is 1. The fourth-order valence-electron chi connectivity index (χ4n) is 4.61. The summed E-state index contributed by atoms with van der Waals surface area (Å²) < 4.78 is 58.0. The van der Waals surface area contributed by atoms with Crippen molar-refractivity contribution in [1.82, 2.24) is 0 Å². The third kappa shape index (κ3) is 17.7. The molecule has 13 heteroatoms. The molecular formula is C28H54O12S. The molecule has 0 aromatic heterocycles. The lowest BCUT2D eigenvalue weighted by Crippen LogP contribution is -2.60. The molecule has 0 spiro atoms. The molecule has 0 amide bonds. The standard InChI is InChI=1S/C28H54O12S/c1-3-5-7-9-10-11-12-13-14-16-18-36-20-22(38-24(30)17-15-8-6-4-2)21-37-28-26(32)27(40-41(33,34)35)25(31)23(19-29)39-28/h22-23,25-29,31-32H,3-21H2,1-2H3,(H,33,34,35). The SMILES string of the molecule is CCCCCCCCCCCCOCC(COC1OC(CO)C(O)C(OS(=O)(=O)O)C1O)OC(=O)CCCCCC. The zero-order valence-corrected chi connectivity index (χ0v) is 25.7. The first-order valence-corrected chi connectivity index (χ1v) is 16.7. The number of aliphatic hydroxyl groups is 3. The second-order valence-corrected chi connectivity index (χ2v) is 11.8. The molecule has 1 fully saturated rings. The lowest BCUT2D eigenvalue weighted by molar-refractivity contribution is -0.301. The van der Waals surface area contributed by atoms with Gasteiger partial charge in [-0.2, -0.15) is 8.42 Å². The largest absolute Gasteiger partial charge is 0.457 e. The molecule has 0 aromatic rings. The highest BCUT2D eigenvalue weighted by atomic mass is 32.3. The van der Waals surface area contributed by atoms with E-state index in [0.29, 0.717) is 13.0 Å². The van der Waals surface area contributed by atoms with Crippen molar-refractivity contribution in [2.24, 2.45) is 0 Å². The van der Waals surface area contributed by atoms with Gasteiger partial charge in [-0.3, -0.25) is 9.35 Å². The zero-order valence-electron chi connectivity index (χ0n) is 24.9. The van der Waals surface area contributed by atoms with Crippen molar-refractivity contribution >= 4 is 16.4 Å². The summed E-state index contributed by atoms with van der Waals surface area (Å²) in [6.45, 7) is 3.80. The summed E-state index contributed by atoms with van der Waals surface area (Å²) in [5, 5.41) is 30.2. The van der Waals surface area contributed by atoms with Crippen molar-refractivity contribution < 1.29 is 56.2 Å². The van der Waals surface area contributed by atoms with Gasteiger partial charge in [0.05, 0.1) is 19.8 Å². The minimum atomic E-state index is -5.04. The Balaban J connectivity index is 2.57. The van der Waals surface area contributed by atoms with Crippen molar-refractivity contribution in [3.05, 3.63) is 0 Å². The van der Waals surface area contributed by atoms with E-state index in [1.165, 1.54) is 44.9 Å². The highest BCUT2D eigenvalue weighted by Crippen LogP contribution is 2.26. The summed E-state index contributed by atoms with van der Waals surface area (Å²) in [6.07, 6.45) is 6.62. The van der Waals surface area contributed by atoms with E-state index in [0.717, 1.165) is 38.5 Å². The summed E-state index contributed by atoms with van der Waals surface area (Å²) >= 11 is 0. The van der Waals surface area contributed by atoms with E-state index in [1.807, 2.05) is 0 Å². The van der Waals surface area contributed by atoms with Crippen molar-refractivity contribution in [1.29, 1.82) is 0 Å². The van der Waals surface area contributed by atoms with Gasteiger partial charge in [0.25, 0.3) is 0 Å². The van der Waals surface area contributed by atoms with Gasteiger partial charge >= 0.3 is 16.4 Å². The van der Waals surface area contributed by atoms with Crippen molar-refractivity contribution in [2.45, 2.75) is 147 Å². The van der Waals surface area contributed by atoms with Crippen LogP contribution in [-0.4, -0.2) is 97.5 Å². The molecule has 0 aromatic carbocycles. The number of ether oxygens (including phenoxy) is 4. The maximum absolute atomic E-state index is 12.4. The van der Waals surface area contributed by atoms with Gasteiger partial charge in [0, 0.05) is 13.0 Å². The number of carbonyl (C=O) groups excluding carboxylic acids is 1. The maximum Gasteiger partial charge on any atom is 0.397 e. The molecule has 6 unspecified atom stereocenters. The predicted octanol–water partition coefficient (Wildman–Crippen LogP) is 3.45. The highest BCUT2D eigenvalue weighted by molar-refractivity contribution is 7.80. The minimum Gasteiger partial charge on any atom is -0.457 e. The van der Waals surface area contributed by atoms with E-state index in [2.05, 4.69) is 18.0 Å². The van der Waals surface area contributed by atoms with E-state index >= 15 is 0 Å². The van der Waals surface area contributed by atoms with E-state index in [9.17, 15) is 28.5 Å². The van der Waals surface area contributed by atoms with Crippen LogP contribution < -0.4 is 0 Å². The lowest BCUT2D eigenvalue weighted by atomic mass is 9.99. The Kier molecular flexibility index (Phi) is 21.0. The topological polar surface area (TPSA) is 178 Å². The molecule has 0 bridgehead atoms. The minimum absolute atomic E-state index is 0.0396. The first-order chi connectivity index (χ1) is 19.6. The van der Waals surface area contributed by atoms with Crippen molar-refractivity contribution in [3.8, 4) is 0 Å². The van der Waals surface area contributed by atoms with Gasteiger partial charge in [0.2, 0.25) is 0 Å². The fraction of sp³-hybridized carbons (Fsp3) is 0.964. The smallest absolute Gasteiger partial charge is 0.397 e. The fourth-order valence-corrected chi connectivity index (χ4v) is 5.12. The number of hydrogen-bond donors (Lipinski definition) is 4. The highest BCUT2D eigenvalue weighted by Gasteiger charge is 2.48. The van der Waals surface area contributed by atoms with Gasteiger partial charge in [-0.05, 0) is 12.8 Å². The lowest BCUT2D eigenvalue weighted by Gasteiger charge is -2.41. The van der Waals surface area contributed by atoms with Gasteiger partial charge in [-0.15, -0.1) is 0 Å². The van der Waals surface area contributed by atoms with Crippen LogP contribution in [0.5, 0.6) is 0 Å². The van der Waals surface area contributed by atoms with Gasteiger partial charge in [0.1, 0.15) is 30.5 Å². The van der Waals surface area contributed by atoms with Crippen LogP contribution in [0.2, 0.25) is 0 Å². The Hall–Kier alpha value is -0.900. The van der Waals surface area contributed by atoms with Crippen LogP contribution in [0.4, 0.5) is 0 Å². The third-order valence-corrected chi connectivity index (χ3v) is 7.44. The zero-order chi connectivity index (χ0) is 30.5. The Morgan fingerprint density at radius 3 is 1.95 bits per heavy atom. The van der Waals surface area contributed by atoms with Crippen LogP contribution in [0.25, 0.3) is 0 Å². The van der Waals surface area contributed by atoms with E-state index in [-0.39, 0.29) is 19.6 Å². The summed E-state index contributed by atoms with van der Waals surface area (Å²) in [5.74, 6) is -0.418. The molecule has 41 heavy (non-hydrogen) atoms. The number of hydrogen-bond acceptors (Lipinski definition) is 11. The Bertz CT molecular complexity index is 765. The molecule has 6 atom stereocenters. The van der Waals surface area contributed by atoms with Crippen LogP contribution in [0.15, 0.2) is 0 Å². The predicted molar refractivity (Wildman–Crippen MR) is 151 cm³/mol. The second-order valence-electron chi connectivity index (χ2n) is 10.7. The normalized spacial score (nSPS) is 23.9. The number of esters is 1. The monoisotopic (exact) mass is 614 g/mol. The molecular weight excluding hydrogens is 560 g/mol. The van der Waals surface area contributed by atoms with Crippen LogP contribution >= 0.6 is 0 Å². The van der Waals surface area contributed by atoms with Gasteiger partial charge < -0.3 is 34.3 Å². The molecule has 1 heterocycles. The molecule has 1 saturated heterocycles. The van der Waals surface area contributed by atoms with Crippen LogP contribution in [-0.2, 0) is 38.3 Å².